The molecule has 0 saturated carbocycles. The van der Waals surface area contributed by atoms with Gasteiger partial charge in [0.1, 0.15) is 11.9 Å². The first kappa shape index (κ1) is 32.5. The number of thiazole rings is 1. The summed E-state index contributed by atoms with van der Waals surface area (Å²) in [5.41, 5.74) is 1.65. The average molecular weight is 652 g/mol. The van der Waals surface area contributed by atoms with Crippen molar-refractivity contribution >= 4 is 32.5 Å². The number of aromatic nitrogens is 1. The second-order valence-electron chi connectivity index (χ2n) is 9.88. The molecule has 234 valence electrons. The van der Waals surface area contributed by atoms with Crippen LogP contribution in [0.15, 0.2) is 52.9 Å². The van der Waals surface area contributed by atoms with E-state index in [0.717, 1.165) is 49.5 Å². The van der Waals surface area contributed by atoms with Crippen LogP contribution in [-0.2, 0) is 27.4 Å². The minimum Gasteiger partial charge on any atom is -0.485 e. The van der Waals surface area contributed by atoms with Gasteiger partial charge >= 0.3 is 18.3 Å². The Balaban J connectivity index is 0.000000541. The maximum atomic E-state index is 13.5. The van der Waals surface area contributed by atoms with Crippen LogP contribution in [0.4, 0.5) is 31.5 Å². The van der Waals surface area contributed by atoms with Gasteiger partial charge in [0.05, 0.1) is 10.5 Å². The van der Waals surface area contributed by atoms with Crippen LogP contribution in [0.3, 0.4) is 0 Å². The molecule has 1 saturated heterocycles. The summed E-state index contributed by atoms with van der Waals surface area (Å²) in [5, 5.41) is 12.4. The molecule has 0 radical (unpaired) electrons. The number of alkyl halides is 6. The Kier molecular flexibility index (Phi) is 9.91. The van der Waals surface area contributed by atoms with Crippen molar-refractivity contribution in [3.8, 4) is 5.75 Å². The number of piperidine rings is 1. The SMILES string of the molecule is O=C(O)C(F)(F)F.O=S(=O)(Nc1nccs1)c1ccc2c(c1)CCCC2Oc1ccc(C(F)(F)F)cc1C1CCNCC1. The molecule has 16 heteroatoms. The maximum absolute atomic E-state index is 13.5. The van der Waals surface area contributed by atoms with E-state index in [0.29, 0.717) is 29.3 Å². The zero-order chi connectivity index (χ0) is 31.4. The molecule has 1 aromatic heterocycles. The summed E-state index contributed by atoms with van der Waals surface area (Å²) in [6, 6.07) is 8.69. The Hall–Kier alpha value is -3.37. The van der Waals surface area contributed by atoms with Crippen LogP contribution in [-0.4, -0.2) is 43.7 Å². The number of benzene rings is 2. The summed E-state index contributed by atoms with van der Waals surface area (Å²) in [5.74, 6) is -2.31. The summed E-state index contributed by atoms with van der Waals surface area (Å²) in [7, 11) is -3.79. The van der Waals surface area contributed by atoms with Crippen molar-refractivity contribution in [1.82, 2.24) is 10.3 Å². The van der Waals surface area contributed by atoms with Gasteiger partial charge in [0.25, 0.3) is 10.0 Å². The van der Waals surface area contributed by atoms with Crippen molar-refractivity contribution in [2.24, 2.45) is 0 Å². The van der Waals surface area contributed by atoms with E-state index >= 15 is 0 Å². The standard InChI is InChI=1S/C25H26F3N3O3S2.C2HF3O2/c26-25(27,28)18-4-7-23(21(15-18)16-8-10-29-11-9-16)34-22-3-1-2-17-14-19(5-6-20(17)22)36(32,33)31-24-30-12-13-35-24;3-2(4,5)1(6)7/h4-7,12-16,22,29H,1-3,8-11H2,(H,30,31);(H,6,7). The fourth-order valence-electron chi connectivity index (χ4n) is 4.92. The summed E-state index contributed by atoms with van der Waals surface area (Å²) in [6.07, 6.45) is -4.69. The molecule has 0 amide bonds. The first-order chi connectivity index (χ1) is 20.1. The smallest absolute Gasteiger partial charge is 0.485 e. The topological polar surface area (TPSA) is 118 Å². The third kappa shape index (κ3) is 8.38. The van der Waals surface area contributed by atoms with E-state index < -0.39 is 33.9 Å². The van der Waals surface area contributed by atoms with E-state index in [1.54, 1.807) is 17.5 Å². The highest BCUT2D eigenvalue weighted by molar-refractivity contribution is 7.93. The van der Waals surface area contributed by atoms with Gasteiger partial charge in [-0.2, -0.15) is 26.3 Å². The lowest BCUT2D eigenvalue weighted by molar-refractivity contribution is -0.192. The zero-order valence-corrected chi connectivity index (χ0v) is 24.0. The molecule has 0 spiro atoms. The van der Waals surface area contributed by atoms with E-state index in [1.165, 1.54) is 35.7 Å². The Morgan fingerprint density at radius 1 is 1.02 bits per heavy atom. The molecule has 1 unspecified atom stereocenters. The molecule has 43 heavy (non-hydrogen) atoms. The van der Waals surface area contributed by atoms with Crippen LogP contribution >= 0.6 is 11.3 Å². The molecule has 1 aliphatic heterocycles. The van der Waals surface area contributed by atoms with Crippen LogP contribution in [0.25, 0.3) is 0 Å². The number of aliphatic carboxylic acids is 1. The van der Waals surface area contributed by atoms with Gasteiger partial charge in [-0.1, -0.05) is 6.07 Å². The van der Waals surface area contributed by atoms with Gasteiger partial charge in [0.2, 0.25) is 0 Å². The number of carbonyl (C=O) groups is 1. The summed E-state index contributed by atoms with van der Waals surface area (Å²) in [4.78, 5) is 13.0. The first-order valence-corrected chi connectivity index (χ1v) is 15.4. The number of halogens is 6. The molecular formula is C27H27F6N3O5S2. The number of anilines is 1. The number of hydrogen-bond donors (Lipinski definition) is 3. The molecule has 3 aromatic rings. The second kappa shape index (κ2) is 13.1. The predicted octanol–water partition coefficient (Wildman–Crippen LogP) is 6.52. The third-order valence-corrected chi connectivity index (χ3v) is 9.12. The molecule has 1 atom stereocenters. The van der Waals surface area contributed by atoms with Gasteiger partial charge in [-0.3, -0.25) is 4.72 Å². The quantitative estimate of drug-likeness (QED) is 0.260. The third-order valence-electron chi connectivity index (χ3n) is 6.97. The fourth-order valence-corrected chi connectivity index (χ4v) is 6.76. The van der Waals surface area contributed by atoms with Crippen molar-refractivity contribution in [2.45, 2.75) is 61.4 Å². The van der Waals surface area contributed by atoms with Crippen LogP contribution in [0, 0.1) is 0 Å². The number of carboxylic acids is 1. The largest absolute Gasteiger partial charge is 0.490 e. The van der Waals surface area contributed by atoms with Gasteiger partial charge in [0.15, 0.2) is 5.13 Å². The molecule has 0 bridgehead atoms. The van der Waals surface area contributed by atoms with E-state index in [1.807, 2.05) is 0 Å². The highest BCUT2D eigenvalue weighted by Crippen LogP contribution is 2.42. The monoisotopic (exact) mass is 651 g/mol. The average Bonchev–Trinajstić information content (AvgIpc) is 3.45. The van der Waals surface area contributed by atoms with E-state index in [2.05, 4.69) is 15.0 Å². The molecule has 1 fully saturated rings. The van der Waals surface area contributed by atoms with E-state index in [-0.39, 0.29) is 16.9 Å². The molecular weight excluding hydrogens is 624 g/mol. The molecule has 2 aromatic carbocycles. The summed E-state index contributed by atoms with van der Waals surface area (Å²) < 4.78 is 107. The van der Waals surface area contributed by atoms with Crippen LogP contribution in [0.1, 0.15) is 60.0 Å². The molecule has 8 nitrogen and oxygen atoms in total. The van der Waals surface area contributed by atoms with Gasteiger partial charge in [-0.15, -0.1) is 11.3 Å². The zero-order valence-electron chi connectivity index (χ0n) is 22.3. The number of aryl methyl sites for hydroxylation is 1. The van der Waals surface area contributed by atoms with Crippen LogP contribution < -0.4 is 14.8 Å². The fraction of sp³-hybridized carbons (Fsp3) is 0.407. The number of fused-ring (bicyclic) bond motifs is 1. The second-order valence-corrected chi connectivity index (χ2v) is 12.5. The Labute approximate surface area is 247 Å². The first-order valence-electron chi connectivity index (χ1n) is 13.1. The Bertz CT molecular complexity index is 1520. The van der Waals surface area contributed by atoms with Gasteiger partial charge in [-0.05, 0) is 98.1 Å². The molecule has 1 aliphatic carbocycles. The highest BCUT2D eigenvalue weighted by atomic mass is 32.2. The molecule has 5 rings (SSSR count). The minimum absolute atomic E-state index is 0.0175. The predicted molar refractivity (Wildman–Crippen MR) is 146 cm³/mol. The van der Waals surface area contributed by atoms with Crippen molar-refractivity contribution < 1.29 is 49.4 Å². The number of carboxylic acid groups (broad SMARTS) is 1. The van der Waals surface area contributed by atoms with Crippen molar-refractivity contribution in [3.05, 3.63) is 70.2 Å². The lowest BCUT2D eigenvalue weighted by Crippen LogP contribution is -2.27. The molecule has 3 N–H and O–H groups in total. The van der Waals surface area contributed by atoms with Crippen molar-refractivity contribution in [3.63, 3.8) is 0 Å². The van der Waals surface area contributed by atoms with Crippen molar-refractivity contribution in [2.75, 3.05) is 17.8 Å². The Morgan fingerprint density at radius 2 is 1.72 bits per heavy atom. The van der Waals surface area contributed by atoms with Crippen LogP contribution in [0.5, 0.6) is 5.75 Å². The number of nitrogens with one attached hydrogen (secondary N) is 2. The maximum Gasteiger partial charge on any atom is 0.490 e. The number of rotatable bonds is 6. The number of sulfonamides is 1. The Morgan fingerprint density at radius 3 is 2.33 bits per heavy atom. The minimum atomic E-state index is -5.08. The molecule has 2 aliphatic rings. The molecule has 2 heterocycles. The number of hydrogen-bond acceptors (Lipinski definition) is 7. The van der Waals surface area contributed by atoms with Gasteiger partial charge < -0.3 is 15.2 Å². The van der Waals surface area contributed by atoms with E-state index in [4.69, 9.17) is 14.6 Å². The normalized spacial score (nSPS) is 17.8. The summed E-state index contributed by atoms with van der Waals surface area (Å²) in [6.45, 7) is 1.50. The summed E-state index contributed by atoms with van der Waals surface area (Å²) >= 11 is 1.19. The lowest BCUT2D eigenvalue weighted by Gasteiger charge is -2.30. The van der Waals surface area contributed by atoms with E-state index in [9.17, 15) is 34.8 Å². The van der Waals surface area contributed by atoms with Crippen molar-refractivity contribution in [1.29, 1.82) is 0 Å². The van der Waals surface area contributed by atoms with Crippen LogP contribution in [0.2, 0.25) is 0 Å². The highest BCUT2D eigenvalue weighted by Gasteiger charge is 2.38. The lowest BCUT2D eigenvalue weighted by atomic mass is 9.87. The number of nitrogens with zero attached hydrogens (tertiary/aromatic N) is 1. The van der Waals surface area contributed by atoms with Gasteiger partial charge in [-0.25, -0.2) is 18.2 Å². The van der Waals surface area contributed by atoms with Gasteiger partial charge in [0, 0.05) is 11.6 Å². The number of ether oxygens (including phenoxy) is 1.